The molecule has 1 fully saturated rings. The lowest BCUT2D eigenvalue weighted by molar-refractivity contribution is -0.124. The molecule has 2 aromatic rings. The molecule has 1 heterocycles. The van der Waals surface area contributed by atoms with Crippen LogP contribution in [0, 0.1) is 16.7 Å². The number of fused-ring (bicyclic) bond motifs is 1. The molecule has 0 N–H and O–H groups in total. The Kier molecular flexibility index (Phi) is 11.5. The first kappa shape index (κ1) is 37.1. The van der Waals surface area contributed by atoms with Crippen molar-refractivity contribution in [2.24, 2.45) is 5.41 Å². The van der Waals surface area contributed by atoms with Gasteiger partial charge in [-0.05, 0) is 79.9 Å². The third-order valence-corrected chi connectivity index (χ3v) is 10.3. The number of amides is 1. The Morgan fingerprint density at radius 1 is 1.08 bits per heavy atom. The fourth-order valence-electron chi connectivity index (χ4n) is 6.37. The van der Waals surface area contributed by atoms with E-state index in [4.69, 9.17) is 9.47 Å². The highest BCUT2D eigenvalue weighted by molar-refractivity contribution is 7.19. The van der Waals surface area contributed by atoms with Gasteiger partial charge in [0.2, 0.25) is 0 Å². The predicted octanol–water partition coefficient (Wildman–Crippen LogP) is 8.22. The molecule has 1 aromatic heterocycles. The van der Waals surface area contributed by atoms with Crippen LogP contribution in [0.5, 0.6) is 5.75 Å². The summed E-state index contributed by atoms with van der Waals surface area (Å²) < 4.78 is 12.4. The molecule has 1 saturated carbocycles. The van der Waals surface area contributed by atoms with E-state index in [9.17, 15) is 19.6 Å². The smallest absolute Gasteiger partial charge is 0.415 e. The van der Waals surface area contributed by atoms with Crippen molar-refractivity contribution in [2.75, 3.05) is 26.7 Å². The summed E-state index contributed by atoms with van der Waals surface area (Å²) in [5.41, 5.74) is 6.07. The lowest BCUT2D eigenvalue weighted by atomic mass is 9.69. The molecular weight excluding hydrogens is 637 g/mol. The second kappa shape index (κ2) is 15.2. The van der Waals surface area contributed by atoms with Gasteiger partial charge >= 0.3 is 6.09 Å². The second-order valence-corrected chi connectivity index (χ2v) is 14.5. The minimum Gasteiger partial charge on any atom is -0.483 e. The van der Waals surface area contributed by atoms with Crippen LogP contribution in [0.3, 0.4) is 0 Å². The van der Waals surface area contributed by atoms with Gasteiger partial charge in [0.25, 0.3) is 0 Å². The average Bonchev–Trinajstić information content (AvgIpc) is 3.61. The van der Waals surface area contributed by atoms with Crippen molar-refractivity contribution in [3.05, 3.63) is 94.4 Å². The van der Waals surface area contributed by atoms with Crippen molar-refractivity contribution in [3.63, 3.8) is 0 Å². The quantitative estimate of drug-likeness (QED) is 0.145. The molecular formula is C39H46N4O5S. The van der Waals surface area contributed by atoms with Gasteiger partial charge < -0.3 is 19.3 Å². The zero-order valence-electron chi connectivity index (χ0n) is 29.5. The number of ether oxygens (including phenoxy) is 2. The largest absolute Gasteiger partial charge is 0.483 e. The Hall–Kier alpha value is -4.75. The molecule has 0 radical (unpaired) electrons. The maximum absolute atomic E-state index is 13.6. The number of aromatic nitrogens is 1. The minimum absolute atomic E-state index is 0.00941. The maximum Gasteiger partial charge on any atom is 0.415 e. The number of hydrogen-bond donors (Lipinski definition) is 0. The third kappa shape index (κ3) is 8.46. The molecule has 9 nitrogen and oxygen atoms in total. The van der Waals surface area contributed by atoms with E-state index in [1.54, 1.807) is 23.1 Å². The van der Waals surface area contributed by atoms with Crippen molar-refractivity contribution in [1.82, 2.24) is 14.8 Å². The summed E-state index contributed by atoms with van der Waals surface area (Å²) >= 11 is 1.23. The van der Waals surface area contributed by atoms with Crippen molar-refractivity contribution in [3.8, 4) is 11.8 Å². The number of carbonyl (C=O) groups excluding carboxylic acids is 3. The van der Waals surface area contributed by atoms with Gasteiger partial charge in [-0.15, -0.1) is 11.3 Å². The number of nitrogens with zero attached hydrogens (tertiary/aromatic N) is 4. The Balaban J connectivity index is 1.43. The number of carbonyl (C=O) groups is 3. The van der Waals surface area contributed by atoms with Gasteiger partial charge in [-0.3, -0.25) is 9.59 Å². The van der Waals surface area contributed by atoms with E-state index in [0.717, 1.165) is 43.8 Å². The number of allylic oxidation sites excluding steroid dienone is 7. The Bertz CT molecular complexity index is 1840. The number of nitriles is 1. The molecule has 2 aliphatic rings. The number of likely N-dealkylation sites (N-methyl/N-ethyl adjacent to an activating group) is 1. The molecule has 4 rings (SSSR count). The van der Waals surface area contributed by atoms with E-state index in [0.29, 0.717) is 73.8 Å². The Labute approximate surface area is 293 Å². The topological polar surface area (TPSA) is 113 Å². The molecule has 1 amide bonds. The average molecular weight is 683 g/mol. The standard InChI is InChI=1S/C39H46N4O5S/c1-23-13-16-32(44)37(23)47-25(3)12-11-17-43(38(46)48-30-14-15-31-33(20-30)49-34(22-40)41-31)19-18-42(10)24(2)21-39(8,9)35-27(5)26(4)28(6)36(45)29(35)7/h14-15,20,37H,1-3,5,11-13,16-19,21H2,4,6-10H3. The Morgan fingerprint density at radius 2 is 1.80 bits per heavy atom. The van der Waals surface area contributed by atoms with Crippen LogP contribution in [0.1, 0.15) is 71.7 Å². The van der Waals surface area contributed by atoms with E-state index in [-0.39, 0.29) is 11.6 Å². The molecule has 258 valence electrons. The van der Waals surface area contributed by atoms with Crippen molar-refractivity contribution < 1.29 is 23.9 Å². The van der Waals surface area contributed by atoms with Crippen LogP contribution in [0.15, 0.2) is 89.4 Å². The first-order valence-corrected chi connectivity index (χ1v) is 17.2. The summed E-state index contributed by atoms with van der Waals surface area (Å²) in [6.45, 7) is 27.7. The summed E-state index contributed by atoms with van der Waals surface area (Å²) in [4.78, 5) is 46.6. The van der Waals surface area contributed by atoms with E-state index in [1.165, 1.54) is 11.3 Å². The first-order valence-electron chi connectivity index (χ1n) is 16.4. The predicted molar refractivity (Wildman–Crippen MR) is 194 cm³/mol. The van der Waals surface area contributed by atoms with Crippen LogP contribution in [-0.4, -0.2) is 65.2 Å². The molecule has 1 atom stereocenters. The van der Waals surface area contributed by atoms with Gasteiger partial charge in [0, 0.05) is 62.4 Å². The highest BCUT2D eigenvalue weighted by Gasteiger charge is 2.35. The van der Waals surface area contributed by atoms with Crippen LogP contribution in [0.25, 0.3) is 10.2 Å². The zero-order valence-corrected chi connectivity index (χ0v) is 30.3. The van der Waals surface area contributed by atoms with Gasteiger partial charge in [-0.2, -0.15) is 5.26 Å². The highest BCUT2D eigenvalue weighted by Crippen LogP contribution is 2.44. The number of Topliss-reactive ketones (excluding diaryl/α,β-unsaturated/α-hetero) is 2. The molecule has 10 heteroatoms. The summed E-state index contributed by atoms with van der Waals surface area (Å²) in [7, 11) is 1.94. The minimum atomic E-state index is -0.645. The van der Waals surface area contributed by atoms with Crippen molar-refractivity contribution in [1.29, 1.82) is 5.26 Å². The molecule has 1 unspecified atom stereocenters. The third-order valence-electron chi connectivity index (χ3n) is 9.38. The summed E-state index contributed by atoms with van der Waals surface area (Å²) in [6, 6.07) is 7.14. The van der Waals surface area contributed by atoms with E-state index in [1.807, 2.05) is 38.8 Å². The van der Waals surface area contributed by atoms with Crippen LogP contribution in [-0.2, 0) is 14.3 Å². The van der Waals surface area contributed by atoms with Gasteiger partial charge in [-0.1, -0.05) is 40.2 Å². The molecule has 2 aliphatic carbocycles. The SMILES string of the molecule is C=C(CCCN(CCN(C)C(=C)CC(C)(C)C1=C(C)C(=O)C(C)=C(C)C1=C)C(=O)Oc1ccc2nc(C#N)sc2c1)OC1C(=C)CCC1=O. The van der Waals surface area contributed by atoms with Gasteiger partial charge in [0.1, 0.15) is 11.8 Å². The fourth-order valence-corrected chi connectivity index (χ4v) is 7.17. The van der Waals surface area contributed by atoms with Crippen LogP contribution in [0.2, 0.25) is 0 Å². The van der Waals surface area contributed by atoms with Gasteiger partial charge in [-0.25, -0.2) is 9.78 Å². The summed E-state index contributed by atoms with van der Waals surface area (Å²) in [5, 5.41) is 9.55. The number of rotatable bonds is 14. The molecule has 1 aromatic carbocycles. The summed E-state index contributed by atoms with van der Waals surface area (Å²) in [6.07, 6.45) is 1.45. The van der Waals surface area contributed by atoms with E-state index in [2.05, 4.69) is 45.1 Å². The molecule has 0 spiro atoms. The fraction of sp³-hybridized carbons (Fsp3) is 0.410. The van der Waals surface area contributed by atoms with Gasteiger partial charge in [0.15, 0.2) is 22.7 Å². The number of ketones is 2. The molecule has 49 heavy (non-hydrogen) atoms. The van der Waals surface area contributed by atoms with E-state index < -0.39 is 17.6 Å². The van der Waals surface area contributed by atoms with Crippen LogP contribution >= 0.6 is 11.3 Å². The molecule has 0 bridgehead atoms. The zero-order chi connectivity index (χ0) is 36.2. The monoisotopic (exact) mass is 682 g/mol. The van der Waals surface area contributed by atoms with Crippen molar-refractivity contribution >= 4 is 39.2 Å². The van der Waals surface area contributed by atoms with Crippen LogP contribution < -0.4 is 4.74 Å². The summed E-state index contributed by atoms with van der Waals surface area (Å²) in [5.74, 6) is 0.884. The molecule has 0 aliphatic heterocycles. The number of thiazole rings is 1. The number of benzene rings is 1. The van der Waals surface area contributed by atoms with Gasteiger partial charge in [0.05, 0.1) is 16.0 Å². The highest BCUT2D eigenvalue weighted by atomic mass is 32.1. The first-order chi connectivity index (χ1) is 23.0. The number of hydrogen-bond acceptors (Lipinski definition) is 9. The van der Waals surface area contributed by atoms with Crippen molar-refractivity contribution in [2.45, 2.75) is 72.8 Å². The Morgan fingerprint density at radius 3 is 2.45 bits per heavy atom. The second-order valence-electron chi connectivity index (χ2n) is 13.5. The maximum atomic E-state index is 13.6. The van der Waals surface area contributed by atoms with E-state index >= 15 is 0 Å². The normalized spacial score (nSPS) is 16.7. The lowest BCUT2D eigenvalue weighted by Crippen LogP contribution is -2.40. The lowest BCUT2D eigenvalue weighted by Gasteiger charge is -2.37. The van der Waals surface area contributed by atoms with Crippen LogP contribution in [0.4, 0.5) is 4.79 Å². The molecule has 0 saturated heterocycles.